The number of hydrogen-bond acceptors (Lipinski definition) is 6. The number of fused-ring (bicyclic) bond motifs is 1. The Hall–Kier alpha value is -2.54. The molecule has 1 amide bonds. The van der Waals surface area contributed by atoms with Crippen molar-refractivity contribution in [2.75, 3.05) is 7.11 Å². The lowest BCUT2D eigenvalue weighted by molar-refractivity contribution is 0.0614. The number of aromatic nitrogens is 1. The van der Waals surface area contributed by atoms with E-state index in [0.29, 0.717) is 29.2 Å². The quantitative estimate of drug-likeness (QED) is 0.883. The van der Waals surface area contributed by atoms with Crippen LogP contribution in [0.25, 0.3) is 0 Å². The topological polar surface area (TPSA) is 93.8 Å². The van der Waals surface area contributed by atoms with Crippen molar-refractivity contribution in [1.29, 1.82) is 0 Å². The van der Waals surface area contributed by atoms with Gasteiger partial charge in [-0.25, -0.2) is 0 Å². The second kappa shape index (κ2) is 6.40. The van der Waals surface area contributed by atoms with Crippen molar-refractivity contribution in [2.45, 2.75) is 45.4 Å². The Morgan fingerprint density at radius 2 is 2.24 bits per heavy atom. The van der Waals surface area contributed by atoms with Crippen LogP contribution in [0.1, 0.15) is 53.7 Å². The van der Waals surface area contributed by atoms with Crippen LogP contribution in [-0.4, -0.2) is 28.9 Å². The molecule has 1 aromatic carbocycles. The van der Waals surface area contributed by atoms with E-state index >= 15 is 0 Å². The van der Waals surface area contributed by atoms with Gasteiger partial charge in [-0.2, -0.15) is 0 Å². The van der Waals surface area contributed by atoms with Crippen LogP contribution in [-0.2, 0) is 6.61 Å². The lowest BCUT2D eigenvalue weighted by atomic mass is 9.89. The summed E-state index contributed by atoms with van der Waals surface area (Å²) in [4.78, 5) is 12.7. The molecule has 0 saturated heterocycles. The maximum atomic E-state index is 12.7. The number of nitrogens with one attached hydrogen (secondary N) is 1. The molecule has 7 heteroatoms. The number of aryl methyl sites for hydroxylation is 1. The zero-order valence-corrected chi connectivity index (χ0v) is 14.8. The van der Waals surface area contributed by atoms with Gasteiger partial charge >= 0.3 is 0 Å². The molecule has 3 rings (SSSR count). The number of nitrogens with zero attached hydrogens (tertiary/aromatic N) is 1. The predicted octanol–water partition coefficient (Wildman–Crippen LogP) is 2.52. The van der Waals surface area contributed by atoms with E-state index in [4.69, 9.17) is 14.0 Å². The Labute approximate surface area is 145 Å². The number of aliphatic hydroxyl groups excluding tert-OH is 1. The summed E-state index contributed by atoms with van der Waals surface area (Å²) in [5, 5.41) is 16.2. The molecule has 2 N–H and O–H groups in total. The first-order valence-corrected chi connectivity index (χ1v) is 8.08. The molecule has 1 aromatic heterocycles. The summed E-state index contributed by atoms with van der Waals surface area (Å²) in [6.45, 7) is 5.30. The summed E-state index contributed by atoms with van der Waals surface area (Å²) in [7, 11) is 1.59. The first kappa shape index (κ1) is 17.3. The van der Waals surface area contributed by atoms with Crippen LogP contribution in [0, 0.1) is 6.92 Å². The molecule has 1 aliphatic rings. The van der Waals surface area contributed by atoms with Gasteiger partial charge < -0.3 is 24.4 Å². The van der Waals surface area contributed by atoms with Gasteiger partial charge in [0, 0.05) is 12.0 Å². The maximum absolute atomic E-state index is 12.7. The summed E-state index contributed by atoms with van der Waals surface area (Å²) < 4.78 is 16.3. The fourth-order valence-corrected chi connectivity index (χ4v) is 3.07. The molecule has 2 aromatic rings. The van der Waals surface area contributed by atoms with Gasteiger partial charge in [-0.15, -0.1) is 0 Å². The Bertz CT molecular complexity index is 797. The average molecular weight is 346 g/mol. The highest BCUT2D eigenvalue weighted by atomic mass is 16.5. The van der Waals surface area contributed by atoms with Crippen molar-refractivity contribution in [3.05, 3.63) is 40.8 Å². The average Bonchev–Trinajstić information content (AvgIpc) is 2.94. The van der Waals surface area contributed by atoms with Crippen LogP contribution in [0.15, 0.2) is 22.7 Å². The van der Waals surface area contributed by atoms with Crippen LogP contribution in [0.4, 0.5) is 0 Å². The Morgan fingerprint density at radius 3 is 2.92 bits per heavy atom. The van der Waals surface area contributed by atoms with Gasteiger partial charge in [-0.1, -0.05) is 5.16 Å². The van der Waals surface area contributed by atoms with Gasteiger partial charge in [0.2, 0.25) is 0 Å². The largest absolute Gasteiger partial charge is 0.497 e. The number of aliphatic hydroxyl groups is 1. The lowest BCUT2D eigenvalue weighted by Gasteiger charge is -2.38. The van der Waals surface area contributed by atoms with E-state index in [1.165, 1.54) is 0 Å². The number of ether oxygens (including phenoxy) is 2. The van der Waals surface area contributed by atoms with Crippen LogP contribution >= 0.6 is 0 Å². The molecule has 1 aliphatic heterocycles. The van der Waals surface area contributed by atoms with E-state index in [2.05, 4.69) is 10.5 Å². The van der Waals surface area contributed by atoms with Crippen LogP contribution < -0.4 is 14.8 Å². The number of benzene rings is 1. The van der Waals surface area contributed by atoms with Crippen molar-refractivity contribution in [3.8, 4) is 11.5 Å². The minimum atomic E-state index is -0.431. The van der Waals surface area contributed by atoms with E-state index in [0.717, 1.165) is 5.56 Å². The second-order valence-electron chi connectivity index (χ2n) is 6.72. The SMILES string of the molecule is COc1ccc2c(c1)[C@@H](NC(=O)c1noc(C)c1CO)CC(C)(C)O2. The molecule has 0 spiro atoms. The molecule has 7 nitrogen and oxygen atoms in total. The van der Waals surface area contributed by atoms with Crippen molar-refractivity contribution in [2.24, 2.45) is 0 Å². The summed E-state index contributed by atoms with van der Waals surface area (Å²) in [5.41, 5.74) is 0.917. The molecule has 0 bridgehead atoms. The summed E-state index contributed by atoms with van der Waals surface area (Å²) >= 11 is 0. The van der Waals surface area contributed by atoms with Gasteiger partial charge in [0.1, 0.15) is 22.9 Å². The van der Waals surface area contributed by atoms with Crippen LogP contribution in [0.2, 0.25) is 0 Å². The number of carbonyl (C=O) groups is 1. The highest BCUT2D eigenvalue weighted by Gasteiger charge is 2.35. The molecule has 0 aliphatic carbocycles. The molecule has 25 heavy (non-hydrogen) atoms. The van der Waals surface area contributed by atoms with Crippen molar-refractivity contribution in [1.82, 2.24) is 10.5 Å². The standard InChI is InChI=1S/C18H22N2O5/c1-10-13(9-21)16(20-25-10)17(22)19-14-8-18(2,3)24-15-6-5-11(23-4)7-12(14)15/h5-7,14,21H,8-9H2,1-4H3,(H,19,22)/t14-/m0/s1. The highest BCUT2D eigenvalue weighted by Crippen LogP contribution is 2.41. The normalized spacial score (nSPS) is 18.2. The smallest absolute Gasteiger partial charge is 0.274 e. The van der Waals surface area contributed by atoms with Crippen molar-refractivity contribution < 1.29 is 23.9 Å². The number of rotatable bonds is 4. The Morgan fingerprint density at radius 1 is 1.48 bits per heavy atom. The number of carbonyl (C=O) groups excluding carboxylic acids is 1. The van der Waals surface area contributed by atoms with Gasteiger partial charge in [0.25, 0.3) is 5.91 Å². The van der Waals surface area contributed by atoms with Gasteiger partial charge in [0.15, 0.2) is 5.69 Å². The molecule has 1 atom stereocenters. The van der Waals surface area contributed by atoms with E-state index in [1.807, 2.05) is 32.0 Å². The van der Waals surface area contributed by atoms with E-state index in [1.54, 1.807) is 14.0 Å². The second-order valence-corrected chi connectivity index (χ2v) is 6.72. The molecule has 0 saturated carbocycles. The third-order valence-electron chi connectivity index (χ3n) is 4.34. The van der Waals surface area contributed by atoms with Gasteiger partial charge in [-0.3, -0.25) is 4.79 Å². The molecule has 0 unspecified atom stereocenters. The lowest BCUT2D eigenvalue weighted by Crippen LogP contribution is -2.41. The minimum Gasteiger partial charge on any atom is -0.497 e. The fraction of sp³-hybridized carbons (Fsp3) is 0.444. The van der Waals surface area contributed by atoms with E-state index in [-0.39, 0.29) is 18.3 Å². The highest BCUT2D eigenvalue weighted by molar-refractivity contribution is 5.94. The molecule has 2 heterocycles. The third-order valence-corrected chi connectivity index (χ3v) is 4.34. The fourth-order valence-electron chi connectivity index (χ4n) is 3.07. The van der Waals surface area contributed by atoms with Crippen LogP contribution in [0.3, 0.4) is 0 Å². The Balaban J connectivity index is 1.92. The molecule has 134 valence electrons. The first-order valence-electron chi connectivity index (χ1n) is 8.08. The number of hydrogen-bond donors (Lipinski definition) is 2. The Kier molecular flexibility index (Phi) is 4.43. The summed E-state index contributed by atoms with van der Waals surface area (Å²) in [5.74, 6) is 1.44. The molecule has 0 fully saturated rings. The van der Waals surface area contributed by atoms with Gasteiger partial charge in [0.05, 0.1) is 25.3 Å². The molecule has 0 radical (unpaired) electrons. The zero-order valence-electron chi connectivity index (χ0n) is 14.8. The number of amides is 1. The maximum Gasteiger partial charge on any atom is 0.274 e. The van der Waals surface area contributed by atoms with E-state index < -0.39 is 11.5 Å². The predicted molar refractivity (Wildman–Crippen MR) is 89.7 cm³/mol. The van der Waals surface area contributed by atoms with Gasteiger partial charge in [-0.05, 0) is 39.0 Å². The van der Waals surface area contributed by atoms with Crippen LogP contribution in [0.5, 0.6) is 11.5 Å². The zero-order chi connectivity index (χ0) is 18.2. The summed E-state index contributed by atoms with van der Waals surface area (Å²) in [6, 6.07) is 5.25. The van der Waals surface area contributed by atoms with Crippen molar-refractivity contribution in [3.63, 3.8) is 0 Å². The first-order chi connectivity index (χ1) is 11.8. The monoisotopic (exact) mass is 346 g/mol. The van der Waals surface area contributed by atoms with Crippen molar-refractivity contribution >= 4 is 5.91 Å². The van der Waals surface area contributed by atoms with E-state index in [9.17, 15) is 9.90 Å². The molecular formula is C18H22N2O5. The molecular weight excluding hydrogens is 324 g/mol. The number of methoxy groups -OCH3 is 1. The summed E-state index contributed by atoms with van der Waals surface area (Å²) in [6.07, 6.45) is 0.587. The third kappa shape index (κ3) is 3.32. The minimum absolute atomic E-state index is 0.105.